The summed E-state index contributed by atoms with van der Waals surface area (Å²) in [7, 11) is 0. The van der Waals surface area contributed by atoms with Crippen LogP contribution in [-0.4, -0.2) is 52.7 Å². The fraction of sp³-hybridized carbons (Fsp3) is 0.421. The lowest BCUT2D eigenvalue weighted by Gasteiger charge is -2.36. The number of piperazine rings is 1. The standard InChI is InChI=1S/C19H22F2N4O2/c1-19(2,3)27-18(26)25-11-9-24(10-12-25)15-7-8-22-17(23-15)13-5-4-6-14(20)16(13)21/h4-8H,9-12H2,1-3H3. The number of benzene rings is 1. The Balaban J connectivity index is 1.70. The molecule has 8 heteroatoms. The Bertz CT molecular complexity index is 831. The lowest BCUT2D eigenvalue weighted by Crippen LogP contribution is -2.50. The molecule has 27 heavy (non-hydrogen) atoms. The average Bonchev–Trinajstić information content (AvgIpc) is 2.63. The van der Waals surface area contributed by atoms with E-state index in [0.717, 1.165) is 6.07 Å². The highest BCUT2D eigenvalue weighted by Gasteiger charge is 2.26. The Morgan fingerprint density at radius 3 is 2.48 bits per heavy atom. The van der Waals surface area contributed by atoms with Gasteiger partial charge in [0.05, 0.1) is 5.56 Å². The topological polar surface area (TPSA) is 58.6 Å². The normalized spacial score (nSPS) is 15.0. The highest BCUT2D eigenvalue weighted by Crippen LogP contribution is 2.23. The Kier molecular flexibility index (Phi) is 5.25. The van der Waals surface area contributed by atoms with Crippen molar-refractivity contribution in [3.63, 3.8) is 0 Å². The molecule has 0 bridgehead atoms. The molecule has 1 aliphatic heterocycles. The number of ether oxygens (including phenoxy) is 1. The van der Waals surface area contributed by atoms with Gasteiger partial charge in [0, 0.05) is 32.4 Å². The first-order valence-electron chi connectivity index (χ1n) is 8.75. The first-order valence-corrected chi connectivity index (χ1v) is 8.75. The molecule has 0 atom stereocenters. The van der Waals surface area contributed by atoms with Crippen molar-refractivity contribution in [2.75, 3.05) is 31.1 Å². The maximum Gasteiger partial charge on any atom is 0.410 e. The molecule has 1 aromatic heterocycles. The van der Waals surface area contributed by atoms with Crippen LogP contribution in [0.15, 0.2) is 30.5 Å². The molecule has 2 heterocycles. The fourth-order valence-electron chi connectivity index (χ4n) is 2.78. The van der Waals surface area contributed by atoms with Crippen molar-refractivity contribution >= 4 is 11.9 Å². The number of nitrogens with zero attached hydrogens (tertiary/aromatic N) is 4. The smallest absolute Gasteiger partial charge is 0.410 e. The number of rotatable bonds is 2. The molecule has 0 N–H and O–H groups in total. The Morgan fingerprint density at radius 1 is 1.11 bits per heavy atom. The molecule has 0 radical (unpaired) electrons. The number of carbonyl (C=O) groups is 1. The fourth-order valence-corrected chi connectivity index (χ4v) is 2.78. The van der Waals surface area contributed by atoms with Crippen LogP contribution in [0, 0.1) is 11.6 Å². The van der Waals surface area contributed by atoms with Crippen LogP contribution in [0.3, 0.4) is 0 Å². The Hall–Kier alpha value is -2.77. The van der Waals surface area contributed by atoms with E-state index >= 15 is 0 Å². The van der Waals surface area contributed by atoms with Gasteiger partial charge in [-0.15, -0.1) is 0 Å². The van der Waals surface area contributed by atoms with Gasteiger partial charge in [-0.2, -0.15) is 0 Å². The summed E-state index contributed by atoms with van der Waals surface area (Å²) in [6.07, 6.45) is 1.18. The van der Waals surface area contributed by atoms with Gasteiger partial charge in [0.25, 0.3) is 0 Å². The third-order valence-electron chi connectivity index (χ3n) is 4.09. The molecule has 2 aromatic rings. The molecule has 0 saturated carbocycles. The molecule has 6 nitrogen and oxygen atoms in total. The maximum absolute atomic E-state index is 14.0. The number of hydrogen-bond acceptors (Lipinski definition) is 5. The minimum absolute atomic E-state index is 0.0178. The van der Waals surface area contributed by atoms with Gasteiger partial charge in [0.2, 0.25) is 0 Å². The number of anilines is 1. The van der Waals surface area contributed by atoms with Gasteiger partial charge in [-0.1, -0.05) is 6.07 Å². The Labute approximate surface area is 156 Å². The Morgan fingerprint density at radius 2 is 1.81 bits per heavy atom. The van der Waals surface area contributed by atoms with Crippen molar-refractivity contribution < 1.29 is 18.3 Å². The zero-order valence-electron chi connectivity index (χ0n) is 15.6. The van der Waals surface area contributed by atoms with Gasteiger partial charge in [0.15, 0.2) is 17.5 Å². The quantitative estimate of drug-likeness (QED) is 0.803. The van der Waals surface area contributed by atoms with Gasteiger partial charge in [-0.25, -0.2) is 23.5 Å². The molecule has 0 unspecified atom stereocenters. The van der Waals surface area contributed by atoms with Gasteiger partial charge in [-0.05, 0) is 39.0 Å². The summed E-state index contributed by atoms with van der Waals surface area (Å²) < 4.78 is 32.9. The van der Waals surface area contributed by atoms with Crippen LogP contribution in [0.4, 0.5) is 19.4 Å². The highest BCUT2D eigenvalue weighted by atomic mass is 19.2. The SMILES string of the molecule is CC(C)(C)OC(=O)N1CCN(c2ccnc(-c3cccc(F)c3F)n2)CC1. The van der Waals surface area contributed by atoms with E-state index in [1.807, 2.05) is 25.7 Å². The third kappa shape index (κ3) is 4.50. The van der Waals surface area contributed by atoms with Crippen molar-refractivity contribution in [3.05, 3.63) is 42.1 Å². The van der Waals surface area contributed by atoms with Crippen LogP contribution < -0.4 is 4.90 Å². The van der Waals surface area contributed by atoms with E-state index in [4.69, 9.17) is 4.74 Å². The van der Waals surface area contributed by atoms with E-state index in [1.165, 1.54) is 18.3 Å². The molecule has 0 spiro atoms. The van der Waals surface area contributed by atoms with Crippen LogP contribution in [0.25, 0.3) is 11.4 Å². The minimum Gasteiger partial charge on any atom is -0.444 e. The van der Waals surface area contributed by atoms with E-state index in [0.29, 0.717) is 32.0 Å². The van der Waals surface area contributed by atoms with Crippen molar-refractivity contribution in [2.24, 2.45) is 0 Å². The summed E-state index contributed by atoms with van der Waals surface area (Å²) in [6.45, 7) is 7.58. The zero-order valence-corrected chi connectivity index (χ0v) is 15.6. The second kappa shape index (κ2) is 7.46. The molecule has 0 aliphatic carbocycles. The molecule has 1 aliphatic rings. The van der Waals surface area contributed by atoms with Gasteiger partial charge in [0.1, 0.15) is 11.4 Å². The van der Waals surface area contributed by atoms with E-state index in [9.17, 15) is 13.6 Å². The van der Waals surface area contributed by atoms with Gasteiger partial charge in [-0.3, -0.25) is 0 Å². The maximum atomic E-state index is 14.0. The van der Waals surface area contributed by atoms with Crippen molar-refractivity contribution in [1.29, 1.82) is 0 Å². The van der Waals surface area contributed by atoms with Crippen LogP contribution in [-0.2, 0) is 4.74 Å². The summed E-state index contributed by atoms with van der Waals surface area (Å²) in [5, 5.41) is 0. The second-order valence-electron chi connectivity index (χ2n) is 7.29. The first kappa shape index (κ1) is 19.0. The zero-order chi connectivity index (χ0) is 19.6. The predicted octanol–water partition coefficient (Wildman–Crippen LogP) is 3.48. The lowest BCUT2D eigenvalue weighted by molar-refractivity contribution is 0.0240. The number of amides is 1. The monoisotopic (exact) mass is 376 g/mol. The molecular formula is C19H22F2N4O2. The largest absolute Gasteiger partial charge is 0.444 e. The van der Waals surface area contributed by atoms with E-state index in [-0.39, 0.29) is 17.5 Å². The summed E-state index contributed by atoms with van der Waals surface area (Å²) >= 11 is 0. The number of halogens is 2. The molecule has 144 valence electrons. The van der Waals surface area contributed by atoms with E-state index < -0.39 is 17.2 Å². The average molecular weight is 376 g/mol. The van der Waals surface area contributed by atoms with E-state index in [1.54, 1.807) is 11.0 Å². The molecule has 3 rings (SSSR count). The summed E-state index contributed by atoms with van der Waals surface area (Å²) in [6, 6.07) is 5.63. The highest BCUT2D eigenvalue weighted by molar-refractivity contribution is 5.68. The summed E-state index contributed by atoms with van der Waals surface area (Å²) in [5.74, 6) is -1.18. The van der Waals surface area contributed by atoms with Crippen LogP contribution in [0.5, 0.6) is 0 Å². The van der Waals surface area contributed by atoms with Crippen molar-refractivity contribution in [2.45, 2.75) is 26.4 Å². The van der Waals surface area contributed by atoms with Crippen molar-refractivity contribution in [3.8, 4) is 11.4 Å². The van der Waals surface area contributed by atoms with Crippen LogP contribution in [0.1, 0.15) is 20.8 Å². The molecule has 1 aromatic carbocycles. The molecule has 1 fully saturated rings. The molecule has 1 amide bonds. The van der Waals surface area contributed by atoms with Gasteiger partial charge < -0.3 is 14.5 Å². The van der Waals surface area contributed by atoms with Gasteiger partial charge >= 0.3 is 6.09 Å². The molecular weight excluding hydrogens is 354 g/mol. The van der Waals surface area contributed by atoms with Crippen LogP contribution >= 0.6 is 0 Å². The van der Waals surface area contributed by atoms with Crippen molar-refractivity contribution in [1.82, 2.24) is 14.9 Å². The lowest BCUT2D eigenvalue weighted by atomic mass is 10.2. The third-order valence-corrected chi connectivity index (χ3v) is 4.09. The second-order valence-corrected chi connectivity index (χ2v) is 7.29. The predicted molar refractivity (Wildman–Crippen MR) is 97.4 cm³/mol. The number of carbonyl (C=O) groups excluding carboxylic acids is 1. The van der Waals surface area contributed by atoms with Crippen LogP contribution in [0.2, 0.25) is 0 Å². The minimum atomic E-state index is -0.968. The van der Waals surface area contributed by atoms with E-state index in [2.05, 4.69) is 9.97 Å². The molecule has 1 saturated heterocycles. The summed E-state index contributed by atoms with van der Waals surface area (Å²) in [4.78, 5) is 24.2. The number of hydrogen-bond donors (Lipinski definition) is 0. The number of aromatic nitrogens is 2. The summed E-state index contributed by atoms with van der Waals surface area (Å²) in [5.41, 5.74) is -0.519. The first-order chi connectivity index (χ1) is 12.7.